The van der Waals surface area contributed by atoms with Crippen molar-refractivity contribution < 1.29 is 27.2 Å². The molecule has 1 fully saturated rings. The first-order valence-electron chi connectivity index (χ1n) is 6.78. The van der Waals surface area contributed by atoms with Gasteiger partial charge in [0.2, 0.25) is 11.6 Å². The van der Waals surface area contributed by atoms with Crippen LogP contribution in [0, 0.1) is 0 Å². The van der Waals surface area contributed by atoms with Gasteiger partial charge in [-0.25, -0.2) is 4.39 Å². The highest BCUT2D eigenvalue weighted by Crippen LogP contribution is 2.30. The van der Waals surface area contributed by atoms with E-state index in [2.05, 4.69) is 5.32 Å². The fraction of sp³-hybridized carbons (Fsp3) is 0.429. The molecular weight excluding hydrogens is 318 g/mol. The predicted molar refractivity (Wildman–Crippen MR) is 74.2 cm³/mol. The second kappa shape index (κ2) is 6.15. The molecule has 0 saturated carbocycles. The topological polar surface area (TPSA) is 75.4 Å². The van der Waals surface area contributed by atoms with Crippen molar-refractivity contribution in [2.24, 2.45) is 5.73 Å². The van der Waals surface area contributed by atoms with Crippen molar-refractivity contribution in [1.82, 2.24) is 4.90 Å². The number of likely N-dealkylation sites (tertiary alicyclic amines) is 1. The molecule has 1 atom stereocenters. The van der Waals surface area contributed by atoms with Crippen molar-refractivity contribution in [3.05, 3.63) is 29.8 Å². The Kier molecular flexibility index (Phi) is 4.60. The van der Waals surface area contributed by atoms with Crippen LogP contribution in [0.25, 0.3) is 0 Å². The van der Waals surface area contributed by atoms with Crippen LogP contribution in [-0.2, 0) is 15.8 Å². The van der Waals surface area contributed by atoms with E-state index in [9.17, 15) is 27.2 Å². The van der Waals surface area contributed by atoms with Crippen LogP contribution in [0.2, 0.25) is 0 Å². The summed E-state index contributed by atoms with van der Waals surface area (Å²) in [6.07, 6.45) is -4.62. The van der Waals surface area contributed by atoms with Gasteiger partial charge in [0.25, 0.3) is 5.91 Å². The molecule has 2 amide bonds. The summed E-state index contributed by atoms with van der Waals surface area (Å²) in [6, 6.07) is 4.19. The molecule has 5 nitrogen and oxygen atoms in total. The Morgan fingerprint density at radius 2 is 2.04 bits per heavy atom. The first-order valence-corrected chi connectivity index (χ1v) is 6.78. The summed E-state index contributed by atoms with van der Waals surface area (Å²) in [5.41, 5.74) is 1.90. The van der Waals surface area contributed by atoms with Crippen LogP contribution in [0.4, 0.5) is 23.2 Å². The van der Waals surface area contributed by atoms with E-state index in [0.717, 1.165) is 12.1 Å². The van der Waals surface area contributed by atoms with Gasteiger partial charge in [0.15, 0.2) is 0 Å². The molecule has 126 valence electrons. The monoisotopic (exact) mass is 333 g/mol. The Balaban J connectivity index is 1.95. The Morgan fingerprint density at radius 3 is 2.61 bits per heavy atom. The van der Waals surface area contributed by atoms with Crippen molar-refractivity contribution in [2.45, 2.75) is 18.3 Å². The van der Waals surface area contributed by atoms with Gasteiger partial charge in [-0.15, -0.1) is 0 Å². The lowest BCUT2D eigenvalue weighted by Gasteiger charge is -2.17. The SMILES string of the molecule is NC(=O)C1(F)CCN(CC(=O)Nc2cccc(C(F)(F)F)c2)C1. The van der Waals surface area contributed by atoms with Crippen molar-refractivity contribution >= 4 is 17.5 Å². The van der Waals surface area contributed by atoms with Gasteiger partial charge < -0.3 is 11.1 Å². The molecule has 2 rings (SSSR count). The number of rotatable bonds is 4. The van der Waals surface area contributed by atoms with Gasteiger partial charge in [-0.2, -0.15) is 13.2 Å². The van der Waals surface area contributed by atoms with Crippen molar-refractivity contribution in [1.29, 1.82) is 0 Å². The normalized spacial score (nSPS) is 22.1. The molecule has 1 heterocycles. The predicted octanol–water partition coefficient (Wildman–Crippen LogP) is 1.54. The lowest BCUT2D eigenvalue weighted by Crippen LogP contribution is -2.43. The van der Waals surface area contributed by atoms with E-state index < -0.39 is 29.2 Å². The lowest BCUT2D eigenvalue weighted by molar-refractivity contribution is -0.137. The number of hydrogen-bond donors (Lipinski definition) is 2. The summed E-state index contributed by atoms with van der Waals surface area (Å²) in [5, 5.41) is 2.32. The van der Waals surface area contributed by atoms with E-state index in [1.54, 1.807) is 0 Å². The van der Waals surface area contributed by atoms with Crippen LogP contribution in [0.1, 0.15) is 12.0 Å². The van der Waals surface area contributed by atoms with Gasteiger partial charge in [0.1, 0.15) is 0 Å². The highest BCUT2D eigenvalue weighted by molar-refractivity contribution is 5.92. The Hall–Kier alpha value is -2.16. The second-order valence-electron chi connectivity index (χ2n) is 5.42. The summed E-state index contributed by atoms with van der Waals surface area (Å²) >= 11 is 0. The highest BCUT2D eigenvalue weighted by Gasteiger charge is 2.44. The number of benzene rings is 1. The van der Waals surface area contributed by atoms with Gasteiger partial charge in [0, 0.05) is 25.2 Å². The van der Waals surface area contributed by atoms with Crippen molar-refractivity contribution in [2.75, 3.05) is 25.0 Å². The molecule has 0 aliphatic carbocycles. The summed E-state index contributed by atoms with van der Waals surface area (Å²) < 4.78 is 51.7. The maximum absolute atomic E-state index is 14.0. The maximum atomic E-state index is 14.0. The van der Waals surface area contributed by atoms with E-state index in [0.29, 0.717) is 0 Å². The fourth-order valence-corrected chi connectivity index (χ4v) is 2.36. The zero-order chi connectivity index (χ0) is 17.3. The molecule has 1 aliphatic rings. The van der Waals surface area contributed by atoms with Crippen LogP contribution < -0.4 is 11.1 Å². The Labute approximate surface area is 129 Å². The third-order valence-electron chi connectivity index (χ3n) is 3.58. The van der Waals surface area contributed by atoms with Crippen LogP contribution in [0.15, 0.2) is 24.3 Å². The van der Waals surface area contributed by atoms with Crippen LogP contribution in [-0.4, -0.2) is 42.0 Å². The minimum Gasteiger partial charge on any atom is -0.367 e. The van der Waals surface area contributed by atoms with Gasteiger partial charge in [-0.05, 0) is 18.2 Å². The van der Waals surface area contributed by atoms with E-state index in [-0.39, 0.29) is 31.7 Å². The average molecular weight is 333 g/mol. The zero-order valence-electron chi connectivity index (χ0n) is 12.0. The molecule has 1 unspecified atom stereocenters. The molecule has 1 aromatic carbocycles. The number of primary amides is 1. The van der Waals surface area contributed by atoms with Gasteiger partial charge in [0.05, 0.1) is 12.1 Å². The summed E-state index contributed by atoms with van der Waals surface area (Å²) in [6.45, 7) is -0.386. The van der Waals surface area contributed by atoms with E-state index >= 15 is 0 Å². The molecule has 1 aromatic rings. The molecule has 0 aromatic heterocycles. The van der Waals surface area contributed by atoms with Gasteiger partial charge >= 0.3 is 6.18 Å². The quantitative estimate of drug-likeness (QED) is 0.821. The first kappa shape index (κ1) is 17.2. The number of amides is 2. The Bertz CT molecular complexity index is 620. The number of carbonyl (C=O) groups is 2. The number of anilines is 1. The number of nitrogens with zero attached hydrogens (tertiary/aromatic N) is 1. The summed E-state index contributed by atoms with van der Waals surface area (Å²) in [5.74, 6) is -1.68. The summed E-state index contributed by atoms with van der Waals surface area (Å²) in [7, 11) is 0. The average Bonchev–Trinajstić information content (AvgIpc) is 2.80. The van der Waals surface area contributed by atoms with Crippen LogP contribution in [0.5, 0.6) is 0 Å². The molecule has 0 spiro atoms. The van der Waals surface area contributed by atoms with Crippen molar-refractivity contribution in [3.8, 4) is 0 Å². The number of alkyl halides is 4. The third kappa shape index (κ3) is 4.19. The minimum absolute atomic E-state index is 0.00886. The van der Waals surface area contributed by atoms with Gasteiger partial charge in [-0.3, -0.25) is 14.5 Å². The molecule has 3 N–H and O–H groups in total. The molecule has 0 bridgehead atoms. The molecule has 1 aliphatic heterocycles. The number of hydrogen-bond acceptors (Lipinski definition) is 3. The molecule has 23 heavy (non-hydrogen) atoms. The first-order chi connectivity index (χ1) is 10.6. The Morgan fingerprint density at radius 1 is 1.35 bits per heavy atom. The molecule has 1 saturated heterocycles. The minimum atomic E-state index is -4.51. The van der Waals surface area contributed by atoms with E-state index in [1.165, 1.54) is 17.0 Å². The standard InChI is InChI=1S/C14H15F4N3O2/c15-13(12(19)23)4-5-21(8-13)7-11(22)20-10-3-1-2-9(6-10)14(16,17)18/h1-3,6H,4-5,7-8H2,(H2,19,23)(H,20,22). The second-order valence-corrected chi connectivity index (χ2v) is 5.42. The van der Waals surface area contributed by atoms with Crippen LogP contribution in [0.3, 0.4) is 0 Å². The molecule has 0 radical (unpaired) electrons. The maximum Gasteiger partial charge on any atom is 0.416 e. The number of halogens is 4. The van der Waals surface area contributed by atoms with Crippen LogP contribution >= 0.6 is 0 Å². The van der Waals surface area contributed by atoms with Crippen molar-refractivity contribution in [3.63, 3.8) is 0 Å². The summed E-state index contributed by atoms with van der Waals surface area (Å²) in [4.78, 5) is 24.2. The fourth-order valence-electron chi connectivity index (χ4n) is 2.36. The number of carbonyl (C=O) groups excluding carboxylic acids is 2. The highest BCUT2D eigenvalue weighted by atomic mass is 19.4. The lowest BCUT2D eigenvalue weighted by atomic mass is 10.1. The van der Waals surface area contributed by atoms with E-state index in [4.69, 9.17) is 5.73 Å². The van der Waals surface area contributed by atoms with Gasteiger partial charge in [-0.1, -0.05) is 6.07 Å². The molecular formula is C14H15F4N3O2. The molecule has 9 heteroatoms. The number of nitrogens with one attached hydrogen (secondary N) is 1. The smallest absolute Gasteiger partial charge is 0.367 e. The number of nitrogens with two attached hydrogens (primary N) is 1. The largest absolute Gasteiger partial charge is 0.416 e. The van der Waals surface area contributed by atoms with E-state index in [1.807, 2.05) is 0 Å². The third-order valence-corrected chi connectivity index (χ3v) is 3.58. The zero-order valence-corrected chi connectivity index (χ0v) is 12.0.